The number of ether oxygens (including phenoxy) is 2. The van der Waals surface area contributed by atoms with Gasteiger partial charge in [0.2, 0.25) is 35.4 Å². The fourth-order valence-electron chi connectivity index (χ4n) is 12.1. The molecule has 28 nitrogen and oxygen atoms in total. The van der Waals surface area contributed by atoms with Crippen molar-refractivity contribution in [3.05, 3.63) is 128 Å². The number of aliphatic hydroxyl groups excluding tert-OH is 2. The van der Waals surface area contributed by atoms with Crippen LogP contribution < -0.4 is 57.6 Å². The summed E-state index contributed by atoms with van der Waals surface area (Å²) in [6.45, 7) is 30.5. The molecule has 116 heavy (non-hydrogen) atoms. The highest BCUT2D eigenvalue weighted by Gasteiger charge is 2.49. The number of hydrogen-bond acceptors (Lipinski definition) is 21. The summed E-state index contributed by atoms with van der Waals surface area (Å²) in [5.41, 5.74) is 18.6. The van der Waals surface area contributed by atoms with Crippen LogP contribution in [0.25, 0.3) is 0 Å². The molecule has 1 aliphatic rings. The molecule has 6 amide bonds. The van der Waals surface area contributed by atoms with Gasteiger partial charge in [-0.05, 0) is 265 Å². The molecule has 2 unspecified atom stereocenters. The lowest BCUT2D eigenvalue weighted by Gasteiger charge is -2.46. The SMILES string of the molecule is CC(=O)N[C@H]1[C@@H](OP(=O)([O-])OP(=O)([O-])OC/C=C(/C)CC/C=C(/C)CC/C=C(/C)CC/C=C(/C)CC/C=C(/C)CC/C=C(/C)CC/C=C(/C)CC/C=C(/C)CC/C=C(\C)CC/C=C(\C)CCC=C(C)C)O[C@H](CO)[C@@H](O)[C@@H]1O[C@H](C)C(=O)N[C@@H](C)C(=O)N[C@H](CCC(=O)N[C@@H](CCCC[NH3+])C(=O)N[C@H](C)C(=O)N[C@H](C)C(=O)[O-])C(=O)[O-]. The first-order chi connectivity index (χ1) is 54.5. The van der Waals surface area contributed by atoms with Gasteiger partial charge in [0, 0.05) is 13.3 Å². The second-order valence-electron chi connectivity index (χ2n) is 31.1. The molecular weight excluding hydrogens is 1530 g/mol. The molecule has 1 rings (SSSR count). The number of unbranched alkanes of at least 4 members (excludes halogenated alkanes) is 1. The lowest BCUT2D eigenvalue weighted by molar-refractivity contribution is -0.368. The summed E-state index contributed by atoms with van der Waals surface area (Å²) in [6, 6.07) is -9.13. The van der Waals surface area contributed by atoms with Gasteiger partial charge in [0.05, 0.1) is 43.8 Å². The number of amides is 6. The molecule has 1 saturated heterocycles. The average molecular weight is 1670 g/mol. The molecule has 0 aromatic heterocycles. The van der Waals surface area contributed by atoms with Crippen LogP contribution in [0.15, 0.2) is 128 Å². The maximum absolute atomic E-state index is 13.5. The first kappa shape index (κ1) is 107. The second kappa shape index (κ2) is 58.8. The van der Waals surface area contributed by atoms with Gasteiger partial charge >= 0.3 is 0 Å². The molecule has 0 aromatic carbocycles. The number of carboxylic acids is 2. The number of phosphoric acid groups is 2. The number of carbonyl (C=O) groups excluding carboxylic acids is 8. The smallest absolute Gasteiger partial charge is 0.276 e. The number of aliphatic carboxylic acids is 2. The van der Waals surface area contributed by atoms with E-state index < -0.39 is 156 Å². The van der Waals surface area contributed by atoms with Crippen LogP contribution >= 0.6 is 15.6 Å². The maximum atomic E-state index is 13.5. The van der Waals surface area contributed by atoms with E-state index >= 15 is 0 Å². The number of aliphatic hydroxyl groups is 2. The van der Waals surface area contributed by atoms with Gasteiger partial charge in [0.15, 0.2) is 6.29 Å². The van der Waals surface area contributed by atoms with E-state index in [2.05, 4.69) is 172 Å². The second-order valence-corrected chi connectivity index (χ2v) is 34.0. The molecule has 1 aliphatic heterocycles. The monoisotopic (exact) mass is 1670 g/mol. The number of rotatable bonds is 59. The molecule has 0 radical (unpaired) electrons. The Morgan fingerprint density at radius 1 is 0.457 bits per heavy atom. The molecule has 0 bridgehead atoms. The van der Waals surface area contributed by atoms with Gasteiger partial charge in [-0.15, -0.1) is 0 Å². The predicted octanol–water partition coefficient (Wildman–Crippen LogP) is 9.74. The lowest BCUT2D eigenvalue weighted by atomic mass is 9.96. The Hall–Kier alpha value is -7.04. The van der Waals surface area contributed by atoms with Crippen molar-refractivity contribution < 1.29 is 106 Å². The van der Waals surface area contributed by atoms with E-state index in [0.717, 1.165) is 149 Å². The molecule has 13 atom stereocenters. The molecule has 658 valence electrons. The molecule has 11 N–H and O–H groups in total. The van der Waals surface area contributed by atoms with Crippen molar-refractivity contribution in [2.24, 2.45) is 0 Å². The molecule has 0 spiro atoms. The molecule has 30 heteroatoms. The largest absolute Gasteiger partial charge is 0.756 e. The van der Waals surface area contributed by atoms with Crippen molar-refractivity contribution in [2.75, 3.05) is 19.8 Å². The number of allylic oxidation sites excluding steroid dienone is 21. The van der Waals surface area contributed by atoms with E-state index in [1.807, 2.05) is 6.92 Å². The van der Waals surface area contributed by atoms with Gasteiger partial charge in [-0.25, -0.2) is 4.31 Å². The first-order valence-corrected chi connectivity index (χ1v) is 43.9. The van der Waals surface area contributed by atoms with Crippen molar-refractivity contribution in [1.29, 1.82) is 0 Å². The highest BCUT2D eigenvalue weighted by atomic mass is 31.3. The third-order valence-electron chi connectivity index (χ3n) is 19.5. The van der Waals surface area contributed by atoms with Gasteiger partial charge in [-0.3, -0.25) is 42.4 Å². The van der Waals surface area contributed by atoms with Crippen LogP contribution in [0.2, 0.25) is 0 Å². The predicted molar refractivity (Wildman–Crippen MR) is 444 cm³/mol. The normalized spacial score (nSPS) is 19.8. The number of hydrogen-bond donors (Lipinski definition) is 9. The number of carbonyl (C=O) groups is 8. The minimum Gasteiger partial charge on any atom is -0.756 e. The van der Waals surface area contributed by atoms with Crippen LogP contribution in [0.3, 0.4) is 0 Å². The summed E-state index contributed by atoms with van der Waals surface area (Å²) in [5, 5.41) is 58.2. The van der Waals surface area contributed by atoms with Gasteiger partial charge in [-0.2, -0.15) is 0 Å². The van der Waals surface area contributed by atoms with E-state index in [1.165, 1.54) is 68.7 Å². The standard InChI is InChI=1S/C86H143N7O21P2/c1-57(2)30-20-31-58(3)32-21-33-59(4)34-22-35-60(5)36-23-37-61(6)38-24-39-62(7)40-25-41-63(8)42-26-43-64(9)44-27-45-65(10)46-28-47-66(11)48-29-49-67(12)53-55-110-115(106,107)114-116(108,109)113-86-77(91-72(17)95)79(78(97)75(56-94)112-86)111-71(16)82(100)88-69(14)81(99)93-74(85(104)105)51-52-76(96)92-73(50-18-19-54-87)83(101)89-68(13)80(98)90-70(15)84(102)103/h30,32,34,36,38,40,42,44,46,48,53,68-71,73-75,77-79,86,94,97H,18-29,31,33,35,37,39,41,43,45,47,49-52,54-56,87H2,1-17H3,(H,88,100)(H,89,101)(H,90,98)(H,91,95)(H,92,96)(H,93,99)(H,102,103)(H,104,105)(H,106,107)(H,108,109)/p-3/b58-32+,59-34+,60-36-,61-38-,62-40-,63-42-,64-44-,65-46-,66-48-,67-53-/t68-,69+,70-,71-,73+,74-,75-,77-,78-,79-,86-/m1/s1. The van der Waals surface area contributed by atoms with E-state index in [-0.39, 0.29) is 6.42 Å². The minimum absolute atomic E-state index is 0.0693. The Morgan fingerprint density at radius 3 is 1.19 bits per heavy atom. The summed E-state index contributed by atoms with van der Waals surface area (Å²) in [6.07, 6.45) is 35.4. The van der Waals surface area contributed by atoms with Crippen molar-refractivity contribution in [2.45, 2.75) is 345 Å². The summed E-state index contributed by atoms with van der Waals surface area (Å²) in [4.78, 5) is 127. The zero-order chi connectivity index (χ0) is 87.7. The van der Waals surface area contributed by atoms with Crippen molar-refractivity contribution >= 4 is 63.0 Å². The molecule has 1 fully saturated rings. The van der Waals surface area contributed by atoms with Gasteiger partial charge < -0.3 is 91.4 Å². The summed E-state index contributed by atoms with van der Waals surface area (Å²) >= 11 is 0. The highest BCUT2D eigenvalue weighted by Crippen LogP contribution is 2.57. The van der Waals surface area contributed by atoms with Gasteiger partial charge in [-0.1, -0.05) is 128 Å². The van der Waals surface area contributed by atoms with Crippen molar-refractivity contribution in [3.8, 4) is 0 Å². The van der Waals surface area contributed by atoms with Crippen LogP contribution in [0.4, 0.5) is 0 Å². The lowest BCUT2D eigenvalue weighted by Crippen LogP contribution is -2.66. The average Bonchev–Trinajstić information content (AvgIpc) is 0.782. The molecule has 0 aromatic rings. The van der Waals surface area contributed by atoms with Crippen molar-refractivity contribution in [3.63, 3.8) is 0 Å². The topological polar surface area (TPSA) is 449 Å². The van der Waals surface area contributed by atoms with Gasteiger partial charge in [0.25, 0.3) is 15.6 Å². The van der Waals surface area contributed by atoms with E-state index in [1.54, 1.807) is 6.92 Å². The maximum Gasteiger partial charge on any atom is 0.276 e. The van der Waals surface area contributed by atoms with Crippen LogP contribution in [0, 0.1) is 0 Å². The third kappa shape index (κ3) is 50.0. The molecular formula is C86H140N7O21P2-3. The fourth-order valence-corrected chi connectivity index (χ4v) is 14.2. The Morgan fingerprint density at radius 2 is 0.828 bits per heavy atom. The zero-order valence-electron chi connectivity index (χ0n) is 72.3. The first-order valence-electron chi connectivity index (χ1n) is 40.9. The number of nitrogens with one attached hydrogen (secondary N) is 6. The van der Waals surface area contributed by atoms with Gasteiger partial charge in [0.1, 0.15) is 48.6 Å². The highest BCUT2D eigenvalue weighted by molar-refractivity contribution is 7.59. The Bertz CT molecular complexity index is 3590. The zero-order valence-corrected chi connectivity index (χ0v) is 74.0. The van der Waals surface area contributed by atoms with Crippen LogP contribution in [-0.2, 0) is 70.3 Å². The molecule has 0 saturated carbocycles. The number of phosphoric ester groups is 2. The Labute approximate surface area is 691 Å². The van der Waals surface area contributed by atoms with E-state index in [0.29, 0.717) is 32.2 Å². The summed E-state index contributed by atoms with van der Waals surface area (Å²) in [7, 11) is -11.8. The van der Waals surface area contributed by atoms with Crippen LogP contribution in [0.1, 0.15) is 278 Å². The minimum atomic E-state index is -6.06. The van der Waals surface area contributed by atoms with Crippen LogP contribution in [0.5, 0.6) is 0 Å². The van der Waals surface area contributed by atoms with Crippen LogP contribution in [-0.4, -0.2) is 144 Å². The van der Waals surface area contributed by atoms with E-state index in [4.69, 9.17) is 18.5 Å². The Balaban J connectivity index is 2.69. The summed E-state index contributed by atoms with van der Waals surface area (Å²) in [5.74, 6) is -9.04. The van der Waals surface area contributed by atoms with E-state index in [9.17, 15) is 77.7 Å². The van der Waals surface area contributed by atoms with Crippen molar-refractivity contribution in [1.82, 2.24) is 31.9 Å². The summed E-state index contributed by atoms with van der Waals surface area (Å²) < 4.78 is 51.4. The number of quaternary nitrogens is 1. The quantitative estimate of drug-likeness (QED) is 0.0155. The number of carboxylic acid groups (broad SMARTS) is 2. The molecule has 0 aliphatic carbocycles. The Kier molecular flexibility index (Phi) is 54.2. The fraction of sp³-hybridized carbons (Fsp3) is 0.651. The molecule has 1 heterocycles. The third-order valence-corrected chi connectivity index (χ3v) is 22.1.